The molecule has 0 saturated carbocycles. The third-order valence-electron chi connectivity index (χ3n) is 4.25. The van der Waals surface area contributed by atoms with Crippen LogP contribution >= 0.6 is 0 Å². The number of benzene rings is 3. The molecule has 0 heterocycles. The van der Waals surface area contributed by atoms with Crippen molar-refractivity contribution in [3.05, 3.63) is 75.8 Å². The molecule has 0 amide bonds. The van der Waals surface area contributed by atoms with Crippen LogP contribution in [0.25, 0.3) is 22.4 Å². The van der Waals surface area contributed by atoms with E-state index in [1.165, 1.54) is 12.1 Å². The molecule has 0 saturated heterocycles. The third-order valence-corrected chi connectivity index (χ3v) is 4.25. The van der Waals surface area contributed by atoms with E-state index in [2.05, 4.69) is 6.07 Å². The Balaban J connectivity index is 2.19. The molecule has 0 aliphatic heterocycles. The Hall–Kier alpha value is -3.85. The van der Waals surface area contributed by atoms with E-state index in [0.29, 0.717) is 22.6 Å². The molecule has 0 radical (unpaired) electrons. The van der Waals surface area contributed by atoms with E-state index in [1.54, 1.807) is 32.4 Å². The average Bonchev–Trinajstić information content (AvgIpc) is 2.71. The zero-order chi connectivity index (χ0) is 19.4. The van der Waals surface area contributed by atoms with Gasteiger partial charge >= 0.3 is 0 Å². The fourth-order valence-electron chi connectivity index (χ4n) is 2.84. The van der Waals surface area contributed by atoms with Gasteiger partial charge in [0.2, 0.25) is 0 Å². The van der Waals surface area contributed by atoms with Crippen LogP contribution in [0.4, 0.5) is 5.69 Å². The van der Waals surface area contributed by atoms with Gasteiger partial charge in [0.1, 0.15) is 11.5 Å². The minimum Gasteiger partial charge on any atom is -0.497 e. The number of nitro groups is 1. The highest BCUT2D eigenvalue weighted by molar-refractivity contribution is 6.00. The summed E-state index contributed by atoms with van der Waals surface area (Å²) in [5.74, 6) is 1.31. The topological polar surface area (TPSA) is 85.4 Å². The molecule has 6 nitrogen and oxygen atoms in total. The van der Waals surface area contributed by atoms with Gasteiger partial charge in [-0.15, -0.1) is 0 Å². The molecule has 0 aliphatic rings. The number of methoxy groups -OCH3 is 2. The highest BCUT2D eigenvalue weighted by Gasteiger charge is 2.11. The Morgan fingerprint density at radius 2 is 1.78 bits per heavy atom. The van der Waals surface area contributed by atoms with Crippen molar-refractivity contribution in [3.63, 3.8) is 0 Å². The number of non-ortho nitro benzene ring substituents is 1. The predicted octanol–water partition coefficient (Wildman–Crippen LogP) is 4.83. The van der Waals surface area contributed by atoms with E-state index in [-0.39, 0.29) is 5.69 Å². The summed E-state index contributed by atoms with van der Waals surface area (Å²) in [5.41, 5.74) is 1.68. The van der Waals surface area contributed by atoms with E-state index >= 15 is 0 Å². The Labute approximate surface area is 156 Å². The molecule has 0 aromatic heterocycles. The maximum absolute atomic E-state index is 10.8. The number of allylic oxidation sites excluding steroid dienone is 1. The van der Waals surface area contributed by atoms with Crippen LogP contribution in [0.1, 0.15) is 11.1 Å². The van der Waals surface area contributed by atoms with Crippen molar-refractivity contribution in [2.24, 2.45) is 0 Å². The molecule has 0 spiro atoms. The first kappa shape index (κ1) is 18.0. The number of nitriles is 1. The second-order valence-corrected chi connectivity index (χ2v) is 5.74. The number of nitrogens with zero attached hydrogens (tertiary/aromatic N) is 2. The molecule has 0 fully saturated rings. The lowest BCUT2D eigenvalue weighted by atomic mass is 9.98. The summed E-state index contributed by atoms with van der Waals surface area (Å²) in [5, 5.41) is 22.3. The molecular weight excluding hydrogens is 344 g/mol. The van der Waals surface area contributed by atoms with Crippen LogP contribution < -0.4 is 9.47 Å². The lowest BCUT2D eigenvalue weighted by Crippen LogP contribution is -1.92. The molecule has 134 valence electrons. The normalized spacial score (nSPS) is 11.1. The van der Waals surface area contributed by atoms with Crippen molar-refractivity contribution in [1.82, 2.24) is 0 Å². The summed E-state index contributed by atoms with van der Waals surface area (Å²) in [6.45, 7) is 0. The maximum Gasteiger partial charge on any atom is 0.269 e. The fourth-order valence-corrected chi connectivity index (χ4v) is 2.84. The van der Waals surface area contributed by atoms with Crippen molar-refractivity contribution < 1.29 is 14.4 Å². The van der Waals surface area contributed by atoms with Crippen LogP contribution in [0.3, 0.4) is 0 Å². The summed E-state index contributed by atoms with van der Waals surface area (Å²) < 4.78 is 10.8. The highest BCUT2D eigenvalue weighted by Crippen LogP contribution is 2.34. The van der Waals surface area contributed by atoms with Crippen molar-refractivity contribution in [2.75, 3.05) is 14.2 Å². The zero-order valence-corrected chi connectivity index (χ0v) is 14.8. The standard InChI is InChI=1S/C21H16N2O4/c1-26-18-9-5-15-6-10-21(27-2)20(19(15)12-18)11-16(13-22)14-3-7-17(8-4-14)23(24)25/h3-12H,1-2H3/b16-11-. The minimum absolute atomic E-state index is 0.0245. The van der Waals surface area contributed by atoms with Gasteiger partial charge in [0.15, 0.2) is 0 Å². The fraction of sp³-hybridized carbons (Fsp3) is 0.0952. The van der Waals surface area contributed by atoms with Crippen LogP contribution in [0, 0.1) is 21.4 Å². The van der Waals surface area contributed by atoms with E-state index in [4.69, 9.17) is 9.47 Å². The van der Waals surface area contributed by atoms with Crippen LogP contribution in [0.5, 0.6) is 11.5 Å². The number of ether oxygens (including phenoxy) is 2. The van der Waals surface area contributed by atoms with Crippen LogP contribution in [0.2, 0.25) is 0 Å². The first-order valence-electron chi connectivity index (χ1n) is 8.08. The van der Waals surface area contributed by atoms with Crippen LogP contribution in [-0.4, -0.2) is 19.1 Å². The van der Waals surface area contributed by atoms with Gasteiger partial charge in [-0.05, 0) is 52.7 Å². The summed E-state index contributed by atoms with van der Waals surface area (Å²) >= 11 is 0. The summed E-state index contributed by atoms with van der Waals surface area (Å²) in [4.78, 5) is 10.4. The van der Waals surface area contributed by atoms with Gasteiger partial charge < -0.3 is 9.47 Å². The van der Waals surface area contributed by atoms with Crippen molar-refractivity contribution >= 4 is 28.1 Å². The molecule has 0 aliphatic carbocycles. The Bertz CT molecular complexity index is 1070. The van der Waals surface area contributed by atoms with Crippen molar-refractivity contribution in [3.8, 4) is 17.6 Å². The van der Waals surface area contributed by atoms with Gasteiger partial charge in [0, 0.05) is 17.7 Å². The quantitative estimate of drug-likeness (QED) is 0.281. The second kappa shape index (κ2) is 7.58. The Kier molecular flexibility index (Phi) is 5.04. The summed E-state index contributed by atoms with van der Waals surface area (Å²) in [7, 11) is 3.16. The Morgan fingerprint density at radius 1 is 1.07 bits per heavy atom. The molecular formula is C21H16N2O4. The first-order valence-corrected chi connectivity index (χ1v) is 8.08. The maximum atomic E-state index is 10.8. The largest absolute Gasteiger partial charge is 0.497 e. The SMILES string of the molecule is COc1ccc2ccc(OC)c(/C=C(/C#N)c3ccc([N+](=O)[O-])cc3)c2c1. The van der Waals surface area contributed by atoms with Gasteiger partial charge in [-0.25, -0.2) is 0 Å². The lowest BCUT2D eigenvalue weighted by molar-refractivity contribution is -0.384. The molecule has 0 atom stereocenters. The number of rotatable bonds is 5. The van der Waals surface area contributed by atoms with Gasteiger partial charge in [-0.3, -0.25) is 10.1 Å². The summed E-state index contributed by atoms with van der Waals surface area (Å²) in [6.07, 6.45) is 1.72. The number of hydrogen-bond donors (Lipinski definition) is 0. The smallest absolute Gasteiger partial charge is 0.269 e. The van der Waals surface area contributed by atoms with Crippen LogP contribution in [-0.2, 0) is 0 Å². The van der Waals surface area contributed by atoms with Gasteiger partial charge in [-0.1, -0.05) is 12.1 Å². The number of hydrogen-bond acceptors (Lipinski definition) is 5. The molecule has 27 heavy (non-hydrogen) atoms. The molecule has 3 aromatic rings. The van der Waals surface area contributed by atoms with E-state index in [9.17, 15) is 15.4 Å². The monoisotopic (exact) mass is 360 g/mol. The molecule has 0 unspecified atom stereocenters. The van der Waals surface area contributed by atoms with Crippen molar-refractivity contribution in [1.29, 1.82) is 5.26 Å². The minimum atomic E-state index is -0.473. The first-order chi connectivity index (χ1) is 13.1. The van der Waals surface area contributed by atoms with Crippen LogP contribution in [0.15, 0.2) is 54.6 Å². The van der Waals surface area contributed by atoms with E-state index in [1.807, 2.05) is 30.3 Å². The number of fused-ring (bicyclic) bond motifs is 1. The van der Waals surface area contributed by atoms with E-state index < -0.39 is 4.92 Å². The average molecular weight is 360 g/mol. The van der Waals surface area contributed by atoms with Gasteiger partial charge in [-0.2, -0.15) is 5.26 Å². The molecule has 0 bridgehead atoms. The zero-order valence-electron chi connectivity index (χ0n) is 14.8. The predicted molar refractivity (Wildman–Crippen MR) is 104 cm³/mol. The lowest BCUT2D eigenvalue weighted by Gasteiger charge is -2.11. The molecule has 0 N–H and O–H groups in total. The van der Waals surface area contributed by atoms with Gasteiger partial charge in [0.05, 0.1) is 30.8 Å². The summed E-state index contributed by atoms with van der Waals surface area (Å²) in [6, 6.07) is 17.5. The third kappa shape index (κ3) is 3.58. The van der Waals surface area contributed by atoms with Crippen molar-refractivity contribution in [2.45, 2.75) is 0 Å². The highest BCUT2D eigenvalue weighted by atomic mass is 16.6. The molecule has 3 rings (SSSR count). The molecule has 6 heteroatoms. The Morgan fingerprint density at radius 3 is 2.37 bits per heavy atom. The van der Waals surface area contributed by atoms with E-state index in [0.717, 1.165) is 16.3 Å². The number of nitro benzene ring substituents is 1. The second-order valence-electron chi connectivity index (χ2n) is 5.74. The van der Waals surface area contributed by atoms with Gasteiger partial charge in [0.25, 0.3) is 5.69 Å². The molecule has 3 aromatic carbocycles.